The predicted octanol–water partition coefficient (Wildman–Crippen LogP) is -0.966. The average Bonchev–Trinajstić information content (AvgIpc) is 2.22. The topological polar surface area (TPSA) is 128 Å². The maximum absolute atomic E-state index is 11.7. The normalized spacial score (nSPS) is 14.2. The van der Waals surface area contributed by atoms with E-state index in [0.29, 0.717) is 0 Å². The van der Waals surface area contributed by atoms with Crippen molar-refractivity contribution < 1.29 is 24.6 Å². The van der Waals surface area contributed by atoms with Gasteiger partial charge in [0.2, 0.25) is 5.91 Å². The van der Waals surface area contributed by atoms with Crippen molar-refractivity contribution in [1.29, 1.82) is 0 Å². The lowest BCUT2D eigenvalue weighted by molar-refractivity contribution is -0.140. The summed E-state index contributed by atoms with van der Waals surface area (Å²) in [7, 11) is 0. The summed E-state index contributed by atoms with van der Waals surface area (Å²) in [6, 6.07) is -3.07. The third-order valence-electron chi connectivity index (χ3n) is 2.03. The first kappa shape index (κ1) is 17.2. The number of aliphatic hydroxyl groups excluding tert-OH is 1. The number of carbonyl (C=O) groups excluding carboxylic acids is 2. The van der Waals surface area contributed by atoms with E-state index in [1.807, 2.05) is 5.32 Å². The van der Waals surface area contributed by atoms with Gasteiger partial charge < -0.3 is 26.2 Å². The number of carboxylic acids is 1. The molecule has 0 bridgehead atoms. The standard InChI is InChI=1S/C11H21N3O5/c1-6(8(16)14-11(2,3)4)12-10(19)13-7(5-15)9(17)18/h6-7,15H,5H2,1-4H3,(H,14,16)(H,17,18)(H2,12,13,19)/t6?,7-/m0/s1. The van der Waals surface area contributed by atoms with E-state index in [0.717, 1.165) is 0 Å². The number of rotatable bonds is 5. The van der Waals surface area contributed by atoms with Crippen molar-refractivity contribution in [2.24, 2.45) is 0 Å². The minimum absolute atomic E-state index is 0.390. The monoisotopic (exact) mass is 275 g/mol. The van der Waals surface area contributed by atoms with Crippen molar-refractivity contribution in [1.82, 2.24) is 16.0 Å². The zero-order valence-corrected chi connectivity index (χ0v) is 11.5. The van der Waals surface area contributed by atoms with Crippen LogP contribution in [0.3, 0.4) is 0 Å². The van der Waals surface area contributed by atoms with Gasteiger partial charge in [0, 0.05) is 5.54 Å². The van der Waals surface area contributed by atoms with E-state index in [-0.39, 0.29) is 0 Å². The highest BCUT2D eigenvalue weighted by atomic mass is 16.4. The molecule has 0 aliphatic carbocycles. The Morgan fingerprint density at radius 3 is 2.05 bits per heavy atom. The highest BCUT2D eigenvalue weighted by molar-refractivity contribution is 5.88. The molecule has 110 valence electrons. The van der Waals surface area contributed by atoms with Crippen LogP contribution in [0.15, 0.2) is 0 Å². The second-order valence-corrected chi connectivity index (χ2v) is 5.15. The molecule has 2 atom stereocenters. The summed E-state index contributed by atoms with van der Waals surface area (Å²) in [5.74, 6) is -1.75. The van der Waals surface area contributed by atoms with Crippen LogP contribution in [0.5, 0.6) is 0 Å². The Morgan fingerprint density at radius 1 is 1.16 bits per heavy atom. The second-order valence-electron chi connectivity index (χ2n) is 5.15. The first-order valence-electron chi connectivity index (χ1n) is 5.79. The Bertz CT molecular complexity index is 351. The third kappa shape index (κ3) is 7.24. The molecule has 0 aromatic heterocycles. The van der Waals surface area contributed by atoms with Crippen molar-refractivity contribution in [2.75, 3.05) is 6.61 Å². The van der Waals surface area contributed by atoms with Crippen LogP contribution in [0, 0.1) is 0 Å². The first-order chi connectivity index (χ1) is 8.56. The van der Waals surface area contributed by atoms with Gasteiger partial charge in [-0.25, -0.2) is 9.59 Å². The lowest BCUT2D eigenvalue weighted by Gasteiger charge is -2.24. The molecule has 5 N–H and O–H groups in total. The van der Waals surface area contributed by atoms with Gasteiger partial charge in [-0.05, 0) is 27.7 Å². The molecule has 0 aliphatic heterocycles. The lowest BCUT2D eigenvalue weighted by atomic mass is 10.1. The Labute approximate surface area is 111 Å². The molecule has 0 heterocycles. The maximum Gasteiger partial charge on any atom is 0.328 e. The lowest BCUT2D eigenvalue weighted by Crippen LogP contribution is -2.55. The van der Waals surface area contributed by atoms with E-state index in [4.69, 9.17) is 10.2 Å². The zero-order valence-electron chi connectivity index (χ0n) is 11.5. The van der Waals surface area contributed by atoms with Gasteiger partial charge in [0.25, 0.3) is 0 Å². The number of aliphatic carboxylic acids is 1. The summed E-state index contributed by atoms with van der Waals surface area (Å²) in [6.45, 7) is 6.12. The molecule has 0 radical (unpaired) electrons. The van der Waals surface area contributed by atoms with E-state index < -0.39 is 42.1 Å². The van der Waals surface area contributed by atoms with Crippen LogP contribution in [-0.4, -0.2) is 52.4 Å². The summed E-state index contributed by atoms with van der Waals surface area (Å²) >= 11 is 0. The number of hydrogen-bond acceptors (Lipinski definition) is 4. The fourth-order valence-electron chi connectivity index (χ4n) is 1.13. The van der Waals surface area contributed by atoms with Crippen molar-refractivity contribution >= 4 is 17.9 Å². The molecule has 0 aliphatic rings. The summed E-state index contributed by atoms with van der Waals surface area (Å²) in [5.41, 5.74) is -0.432. The summed E-state index contributed by atoms with van der Waals surface area (Å²) < 4.78 is 0. The van der Waals surface area contributed by atoms with Gasteiger partial charge in [-0.2, -0.15) is 0 Å². The Hall–Kier alpha value is -1.83. The largest absolute Gasteiger partial charge is 0.480 e. The smallest absolute Gasteiger partial charge is 0.328 e. The number of carbonyl (C=O) groups is 3. The minimum Gasteiger partial charge on any atom is -0.480 e. The Balaban J connectivity index is 4.33. The van der Waals surface area contributed by atoms with E-state index in [9.17, 15) is 14.4 Å². The fraction of sp³-hybridized carbons (Fsp3) is 0.727. The summed E-state index contributed by atoms with van der Waals surface area (Å²) in [5, 5.41) is 24.4. The van der Waals surface area contributed by atoms with Gasteiger partial charge in [-0.3, -0.25) is 4.79 Å². The molecule has 0 aromatic carbocycles. The molecule has 19 heavy (non-hydrogen) atoms. The highest BCUT2D eigenvalue weighted by Crippen LogP contribution is 1.99. The van der Waals surface area contributed by atoms with E-state index in [2.05, 4.69) is 10.6 Å². The van der Waals surface area contributed by atoms with Crippen LogP contribution in [0.2, 0.25) is 0 Å². The van der Waals surface area contributed by atoms with Gasteiger partial charge in [-0.15, -0.1) is 0 Å². The van der Waals surface area contributed by atoms with E-state index >= 15 is 0 Å². The Morgan fingerprint density at radius 2 is 1.68 bits per heavy atom. The van der Waals surface area contributed by atoms with Gasteiger partial charge >= 0.3 is 12.0 Å². The van der Waals surface area contributed by atoms with Gasteiger partial charge in [0.05, 0.1) is 6.61 Å². The molecule has 1 unspecified atom stereocenters. The number of urea groups is 1. The predicted molar refractivity (Wildman–Crippen MR) is 67.5 cm³/mol. The minimum atomic E-state index is -1.40. The molecule has 0 rings (SSSR count). The summed E-state index contributed by atoms with van der Waals surface area (Å²) in [4.78, 5) is 33.7. The summed E-state index contributed by atoms with van der Waals surface area (Å²) in [6.07, 6.45) is 0. The zero-order chi connectivity index (χ0) is 15.2. The molecule has 8 heteroatoms. The van der Waals surface area contributed by atoms with Gasteiger partial charge in [0.1, 0.15) is 6.04 Å². The molecule has 0 spiro atoms. The molecule has 0 saturated heterocycles. The first-order valence-corrected chi connectivity index (χ1v) is 5.79. The third-order valence-corrected chi connectivity index (χ3v) is 2.03. The number of carboxylic acid groups (broad SMARTS) is 1. The molecule has 8 nitrogen and oxygen atoms in total. The second kappa shape index (κ2) is 6.93. The van der Waals surface area contributed by atoms with E-state index in [1.165, 1.54) is 6.92 Å². The Kier molecular flexibility index (Phi) is 6.26. The molecule has 0 fully saturated rings. The average molecular weight is 275 g/mol. The van der Waals surface area contributed by atoms with Crippen LogP contribution in [-0.2, 0) is 9.59 Å². The number of aliphatic hydroxyl groups is 1. The van der Waals surface area contributed by atoms with Crippen LogP contribution in [0.1, 0.15) is 27.7 Å². The van der Waals surface area contributed by atoms with E-state index in [1.54, 1.807) is 20.8 Å². The number of nitrogens with one attached hydrogen (secondary N) is 3. The molecule has 0 saturated carbocycles. The fourth-order valence-corrected chi connectivity index (χ4v) is 1.13. The van der Waals surface area contributed by atoms with Crippen molar-refractivity contribution in [2.45, 2.75) is 45.3 Å². The van der Waals surface area contributed by atoms with Gasteiger partial charge in [0.15, 0.2) is 6.04 Å². The van der Waals surface area contributed by atoms with Crippen LogP contribution < -0.4 is 16.0 Å². The quantitative estimate of drug-likeness (QED) is 0.441. The molecular formula is C11H21N3O5. The van der Waals surface area contributed by atoms with Crippen LogP contribution in [0.25, 0.3) is 0 Å². The van der Waals surface area contributed by atoms with Crippen molar-refractivity contribution in [3.05, 3.63) is 0 Å². The highest BCUT2D eigenvalue weighted by Gasteiger charge is 2.23. The van der Waals surface area contributed by atoms with Crippen LogP contribution >= 0.6 is 0 Å². The number of hydrogen-bond donors (Lipinski definition) is 5. The van der Waals surface area contributed by atoms with Gasteiger partial charge in [-0.1, -0.05) is 0 Å². The van der Waals surface area contributed by atoms with Crippen molar-refractivity contribution in [3.63, 3.8) is 0 Å². The molecule has 0 aromatic rings. The van der Waals surface area contributed by atoms with Crippen LogP contribution in [0.4, 0.5) is 4.79 Å². The molecular weight excluding hydrogens is 254 g/mol. The van der Waals surface area contributed by atoms with Crippen molar-refractivity contribution in [3.8, 4) is 0 Å². The molecule has 3 amide bonds. The number of amides is 3. The SMILES string of the molecule is CC(NC(=O)N[C@@H](CO)C(=O)O)C(=O)NC(C)(C)C. The maximum atomic E-state index is 11.7.